The predicted octanol–water partition coefficient (Wildman–Crippen LogP) is 4.42. The average Bonchev–Trinajstić information content (AvgIpc) is 3.00. The molecule has 4 heteroatoms. The zero-order valence-electron chi connectivity index (χ0n) is 11.1. The van der Waals surface area contributed by atoms with Crippen molar-refractivity contribution < 1.29 is 0 Å². The molecule has 2 aromatic rings. The van der Waals surface area contributed by atoms with Crippen molar-refractivity contribution in [3.8, 4) is 0 Å². The topological polar surface area (TPSA) is 17.0 Å². The van der Waals surface area contributed by atoms with Crippen LogP contribution in [-0.4, -0.2) is 11.1 Å². The van der Waals surface area contributed by atoms with Crippen LogP contribution < -0.4 is 5.32 Å². The molecule has 0 bridgehead atoms. The molecule has 2 aromatic heterocycles. The maximum absolute atomic E-state index is 3.62. The average molecular weight is 339 g/mol. The highest BCUT2D eigenvalue weighted by Crippen LogP contribution is 2.41. The van der Waals surface area contributed by atoms with Crippen LogP contribution in [0, 0.1) is 5.92 Å². The predicted molar refractivity (Wildman–Crippen MR) is 84.7 cm³/mol. The summed E-state index contributed by atoms with van der Waals surface area (Å²) in [6.45, 7) is 4.21. The molecular formula is C15H19BrN2S. The summed E-state index contributed by atoms with van der Waals surface area (Å²) in [5, 5.41) is 5.77. The van der Waals surface area contributed by atoms with Crippen LogP contribution in [0.25, 0.3) is 0 Å². The highest BCUT2D eigenvalue weighted by molar-refractivity contribution is 9.10. The van der Waals surface area contributed by atoms with E-state index in [9.17, 15) is 0 Å². The van der Waals surface area contributed by atoms with Crippen LogP contribution >= 0.6 is 27.3 Å². The van der Waals surface area contributed by atoms with Crippen LogP contribution in [0.2, 0.25) is 0 Å². The van der Waals surface area contributed by atoms with E-state index in [0.717, 1.165) is 19.0 Å². The molecule has 0 amide bonds. The standard InChI is InChI=1S/C15H19BrN2S/c1-2-17-15(11-3-4-11)12-5-6-18(8-12)9-14-7-13(16)10-19-14/h5-8,10-11,15,17H,2-4,9H2,1H3. The van der Waals surface area contributed by atoms with Crippen molar-refractivity contribution in [1.82, 2.24) is 9.88 Å². The van der Waals surface area contributed by atoms with Gasteiger partial charge in [-0.3, -0.25) is 0 Å². The van der Waals surface area contributed by atoms with Crippen LogP contribution in [-0.2, 0) is 6.54 Å². The van der Waals surface area contributed by atoms with E-state index in [4.69, 9.17) is 0 Å². The van der Waals surface area contributed by atoms with E-state index in [1.807, 2.05) is 11.3 Å². The summed E-state index contributed by atoms with van der Waals surface area (Å²) in [5.74, 6) is 0.853. The highest BCUT2D eigenvalue weighted by Gasteiger charge is 2.31. The number of nitrogens with one attached hydrogen (secondary N) is 1. The zero-order valence-corrected chi connectivity index (χ0v) is 13.5. The molecule has 2 nitrogen and oxygen atoms in total. The third kappa shape index (κ3) is 3.30. The van der Waals surface area contributed by atoms with E-state index in [2.05, 4.69) is 62.6 Å². The fourth-order valence-electron chi connectivity index (χ4n) is 2.56. The summed E-state index contributed by atoms with van der Waals surface area (Å²) in [6.07, 6.45) is 7.26. The summed E-state index contributed by atoms with van der Waals surface area (Å²) in [4.78, 5) is 1.39. The van der Waals surface area contributed by atoms with Gasteiger partial charge in [0.15, 0.2) is 0 Å². The van der Waals surface area contributed by atoms with Gasteiger partial charge in [0.1, 0.15) is 0 Å². The van der Waals surface area contributed by atoms with E-state index in [1.54, 1.807) is 0 Å². The van der Waals surface area contributed by atoms with Crippen molar-refractivity contribution in [3.05, 3.63) is 44.8 Å². The molecule has 0 aliphatic heterocycles. The summed E-state index contributed by atoms with van der Waals surface area (Å²) < 4.78 is 3.48. The monoisotopic (exact) mass is 338 g/mol. The minimum atomic E-state index is 0.557. The molecule has 1 aliphatic carbocycles. The summed E-state index contributed by atoms with van der Waals surface area (Å²) >= 11 is 5.32. The maximum atomic E-state index is 3.62. The van der Waals surface area contributed by atoms with E-state index >= 15 is 0 Å². The lowest BCUT2D eigenvalue weighted by atomic mass is 10.1. The molecule has 1 unspecified atom stereocenters. The third-order valence-corrected chi connectivity index (χ3v) is 5.29. The van der Waals surface area contributed by atoms with Crippen LogP contribution in [0.4, 0.5) is 0 Å². The van der Waals surface area contributed by atoms with E-state index in [1.165, 1.54) is 27.8 Å². The van der Waals surface area contributed by atoms with E-state index in [-0.39, 0.29) is 0 Å². The Hall–Kier alpha value is -0.580. The third-order valence-electron chi connectivity index (χ3n) is 3.61. The first kappa shape index (κ1) is 13.4. The molecule has 0 spiro atoms. The van der Waals surface area contributed by atoms with Gasteiger partial charge in [-0.25, -0.2) is 0 Å². The Labute approximate surface area is 127 Å². The van der Waals surface area contributed by atoms with Crippen LogP contribution in [0.3, 0.4) is 0 Å². The van der Waals surface area contributed by atoms with Gasteiger partial charge in [-0.05, 0) is 58.9 Å². The molecule has 0 saturated heterocycles. The molecule has 1 N–H and O–H groups in total. The van der Waals surface area contributed by atoms with Gasteiger partial charge in [-0.15, -0.1) is 11.3 Å². The molecular weight excluding hydrogens is 320 g/mol. The fourth-order valence-corrected chi connectivity index (χ4v) is 4.02. The minimum absolute atomic E-state index is 0.557. The first-order chi connectivity index (χ1) is 9.26. The number of thiophene rings is 1. The molecule has 0 radical (unpaired) electrons. The second kappa shape index (κ2) is 5.81. The van der Waals surface area contributed by atoms with Gasteiger partial charge in [-0.1, -0.05) is 6.92 Å². The highest BCUT2D eigenvalue weighted by atomic mass is 79.9. The lowest BCUT2D eigenvalue weighted by molar-refractivity contribution is 0.495. The SMILES string of the molecule is CCNC(c1ccn(Cc2cc(Br)cs2)c1)C1CC1. The second-order valence-corrected chi connectivity index (χ2v) is 7.13. The number of hydrogen-bond acceptors (Lipinski definition) is 2. The Bertz CT molecular complexity index is 542. The maximum Gasteiger partial charge on any atom is 0.0564 e. The van der Waals surface area contributed by atoms with Gasteiger partial charge in [0.25, 0.3) is 0 Å². The van der Waals surface area contributed by atoms with Crippen LogP contribution in [0.15, 0.2) is 34.4 Å². The largest absolute Gasteiger partial charge is 0.349 e. The Balaban J connectivity index is 1.71. The Morgan fingerprint density at radius 3 is 3.00 bits per heavy atom. The van der Waals surface area contributed by atoms with Gasteiger partial charge in [-0.2, -0.15) is 0 Å². The van der Waals surface area contributed by atoms with Crippen LogP contribution in [0.1, 0.15) is 36.2 Å². The quantitative estimate of drug-likeness (QED) is 0.824. The van der Waals surface area contributed by atoms with E-state index < -0.39 is 0 Å². The van der Waals surface area contributed by atoms with Crippen molar-refractivity contribution in [1.29, 1.82) is 0 Å². The van der Waals surface area contributed by atoms with Crippen LogP contribution in [0.5, 0.6) is 0 Å². The van der Waals surface area contributed by atoms with Gasteiger partial charge in [0.2, 0.25) is 0 Å². The normalized spacial score (nSPS) is 16.7. The van der Waals surface area contributed by atoms with Gasteiger partial charge in [0, 0.05) is 33.2 Å². The molecule has 19 heavy (non-hydrogen) atoms. The Kier molecular flexibility index (Phi) is 4.10. The van der Waals surface area contributed by atoms with Gasteiger partial charge < -0.3 is 9.88 Å². The lowest BCUT2D eigenvalue weighted by Crippen LogP contribution is -2.22. The molecule has 2 heterocycles. The molecule has 1 aliphatic rings. The minimum Gasteiger partial charge on any atom is -0.349 e. The molecule has 3 rings (SSSR count). The molecule has 1 atom stereocenters. The van der Waals surface area contributed by atoms with Gasteiger partial charge >= 0.3 is 0 Å². The van der Waals surface area contributed by atoms with Crippen molar-refractivity contribution in [2.45, 2.75) is 32.4 Å². The van der Waals surface area contributed by atoms with Crippen molar-refractivity contribution >= 4 is 27.3 Å². The summed E-state index contributed by atoms with van der Waals surface area (Å²) in [5.41, 5.74) is 1.44. The summed E-state index contributed by atoms with van der Waals surface area (Å²) in [6, 6.07) is 5.03. The lowest BCUT2D eigenvalue weighted by Gasteiger charge is -2.15. The number of rotatable bonds is 6. The van der Waals surface area contributed by atoms with Gasteiger partial charge in [0.05, 0.1) is 6.54 Å². The Morgan fingerprint density at radius 2 is 2.37 bits per heavy atom. The molecule has 1 fully saturated rings. The van der Waals surface area contributed by atoms with Crippen molar-refractivity contribution in [2.75, 3.05) is 6.54 Å². The number of nitrogens with zero attached hydrogens (tertiary/aromatic N) is 1. The fraction of sp³-hybridized carbons (Fsp3) is 0.467. The van der Waals surface area contributed by atoms with Crippen molar-refractivity contribution in [3.63, 3.8) is 0 Å². The van der Waals surface area contributed by atoms with E-state index in [0.29, 0.717) is 6.04 Å². The zero-order chi connectivity index (χ0) is 13.2. The molecule has 1 saturated carbocycles. The number of hydrogen-bond donors (Lipinski definition) is 1. The smallest absolute Gasteiger partial charge is 0.0564 e. The molecule has 102 valence electrons. The first-order valence-corrected chi connectivity index (χ1v) is 8.55. The second-order valence-electron chi connectivity index (χ2n) is 5.22. The summed E-state index contributed by atoms with van der Waals surface area (Å²) in [7, 11) is 0. The van der Waals surface area contributed by atoms with Crippen molar-refractivity contribution in [2.24, 2.45) is 5.92 Å². The number of aromatic nitrogens is 1. The molecule has 0 aromatic carbocycles. The Morgan fingerprint density at radius 1 is 1.53 bits per heavy atom. The first-order valence-electron chi connectivity index (χ1n) is 6.88. The number of halogens is 1.